The SMILES string of the molecule is CCC(C)c1ccc(C(CC)NC(=S)Nc2cc(OC)cc(OC)c2)cc1. The van der Waals surface area contributed by atoms with E-state index < -0.39 is 0 Å². The van der Waals surface area contributed by atoms with E-state index in [4.69, 9.17) is 21.7 Å². The van der Waals surface area contributed by atoms with Gasteiger partial charge in [0.25, 0.3) is 0 Å². The van der Waals surface area contributed by atoms with Crippen molar-refractivity contribution in [2.45, 2.75) is 45.6 Å². The molecule has 0 saturated heterocycles. The monoisotopic (exact) mass is 386 g/mol. The van der Waals surface area contributed by atoms with E-state index in [1.165, 1.54) is 11.1 Å². The summed E-state index contributed by atoms with van der Waals surface area (Å²) in [4.78, 5) is 0. The molecule has 2 aromatic carbocycles. The number of nitrogens with one attached hydrogen (secondary N) is 2. The van der Waals surface area contributed by atoms with Crippen molar-refractivity contribution in [3.05, 3.63) is 53.6 Å². The molecule has 0 aliphatic heterocycles. The fraction of sp³-hybridized carbons (Fsp3) is 0.409. The number of hydrogen-bond acceptors (Lipinski definition) is 3. The molecule has 2 rings (SSSR count). The first-order valence-electron chi connectivity index (χ1n) is 9.41. The van der Waals surface area contributed by atoms with Crippen molar-refractivity contribution in [1.82, 2.24) is 5.32 Å². The van der Waals surface area contributed by atoms with Crippen molar-refractivity contribution in [3.8, 4) is 11.5 Å². The Morgan fingerprint density at radius 3 is 1.96 bits per heavy atom. The zero-order valence-corrected chi connectivity index (χ0v) is 17.7. The zero-order valence-electron chi connectivity index (χ0n) is 16.8. The minimum absolute atomic E-state index is 0.156. The van der Waals surface area contributed by atoms with E-state index in [1.54, 1.807) is 14.2 Å². The van der Waals surface area contributed by atoms with Crippen LogP contribution < -0.4 is 20.1 Å². The van der Waals surface area contributed by atoms with Crippen molar-refractivity contribution >= 4 is 23.0 Å². The highest BCUT2D eigenvalue weighted by Crippen LogP contribution is 2.26. The fourth-order valence-electron chi connectivity index (χ4n) is 2.92. The molecule has 146 valence electrons. The first kappa shape index (κ1) is 21.0. The molecule has 2 aromatic rings. The van der Waals surface area contributed by atoms with Gasteiger partial charge in [-0.25, -0.2) is 0 Å². The summed E-state index contributed by atoms with van der Waals surface area (Å²) in [7, 11) is 3.26. The van der Waals surface area contributed by atoms with Gasteiger partial charge < -0.3 is 20.1 Å². The van der Waals surface area contributed by atoms with E-state index in [9.17, 15) is 0 Å². The molecular formula is C22H30N2O2S. The highest BCUT2D eigenvalue weighted by atomic mass is 32.1. The van der Waals surface area contributed by atoms with Crippen LogP contribution in [0.3, 0.4) is 0 Å². The van der Waals surface area contributed by atoms with Gasteiger partial charge in [-0.05, 0) is 42.1 Å². The Balaban J connectivity index is 2.06. The van der Waals surface area contributed by atoms with Crippen LogP contribution >= 0.6 is 12.2 Å². The molecule has 2 atom stereocenters. The van der Waals surface area contributed by atoms with Gasteiger partial charge >= 0.3 is 0 Å². The second kappa shape index (κ2) is 10.2. The molecule has 0 heterocycles. The third-order valence-corrected chi connectivity index (χ3v) is 5.06. The van der Waals surface area contributed by atoms with Crippen LogP contribution in [-0.2, 0) is 0 Å². The zero-order chi connectivity index (χ0) is 19.8. The number of rotatable bonds is 8. The smallest absolute Gasteiger partial charge is 0.171 e. The molecule has 2 unspecified atom stereocenters. The van der Waals surface area contributed by atoms with Gasteiger partial charge in [-0.1, -0.05) is 45.0 Å². The van der Waals surface area contributed by atoms with Gasteiger partial charge in [0.15, 0.2) is 5.11 Å². The molecule has 0 radical (unpaired) electrons. The Morgan fingerprint density at radius 1 is 0.926 bits per heavy atom. The van der Waals surface area contributed by atoms with Crippen LogP contribution in [-0.4, -0.2) is 19.3 Å². The average molecular weight is 387 g/mol. The highest BCUT2D eigenvalue weighted by Gasteiger charge is 2.12. The lowest BCUT2D eigenvalue weighted by Crippen LogP contribution is -2.32. The third-order valence-electron chi connectivity index (χ3n) is 4.84. The van der Waals surface area contributed by atoms with E-state index in [2.05, 4.69) is 55.7 Å². The molecule has 0 bridgehead atoms. The summed E-state index contributed by atoms with van der Waals surface area (Å²) in [6.07, 6.45) is 2.08. The van der Waals surface area contributed by atoms with Crippen LogP contribution in [0.5, 0.6) is 11.5 Å². The van der Waals surface area contributed by atoms with E-state index in [-0.39, 0.29) is 6.04 Å². The third kappa shape index (κ3) is 5.86. The number of anilines is 1. The van der Waals surface area contributed by atoms with Crippen LogP contribution in [0.1, 0.15) is 56.7 Å². The summed E-state index contributed by atoms with van der Waals surface area (Å²) in [5.74, 6) is 2.01. The molecule has 5 heteroatoms. The first-order chi connectivity index (χ1) is 13.0. The van der Waals surface area contributed by atoms with E-state index in [0.717, 1.165) is 18.5 Å². The lowest BCUT2D eigenvalue weighted by molar-refractivity contribution is 0.395. The summed E-state index contributed by atoms with van der Waals surface area (Å²) in [5.41, 5.74) is 3.43. The van der Waals surface area contributed by atoms with Crippen molar-refractivity contribution in [2.24, 2.45) is 0 Å². The average Bonchev–Trinajstić information content (AvgIpc) is 2.71. The molecule has 0 aliphatic rings. The second-order valence-corrected chi connectivity index (χ2v) is 7.04. The van der Waals surface area contributed by atoms with Crippen LogP contribution in [0.4, 0.5) is 5.69 Å². The van der Waals surface area contributed by atoms with Crippen molar-refractivity contribution < 1.29 is 9.47 Å². The molecule has 2 N–H and O–H groups in total. The molecule has 0 fully saturated rings. The maximum Gasteiger partial charge on any atom is 0.171 e. The summed E-state index contributed by atoms with van der Waals surface area (Å²) >= 11 is 5.52. The molecule has 0 aliphatic carbocycles. The fourth-order valence-corrected chi connectivity index (χ4v) is 3.18. The Hall–Kier alpha value is -2.27. The van der Waals surface area contributed by atoms with E-state index in [0.29, 0.717) is 22.5 Å². The minimum Gasteiger partial charge on any atom is -0.497 e. The van der Waals surface area contributed by atoms with Crippen molar-refractivity contribution in [2.75, 3.05) is 19.5 Å². The van der Waals surface area contributed by atoms with Crippen molar-refractivity contribution in [1.29, 1.82) is 0 Å². The lowest BCUT2D eigenvalue weighted by atomic mass is 9.95. The van der Waals surface area contributed by atoms with Gasteiger partial charge in [0.2, 0.25) is 0 Å². The van der Waals surface area contributed by atoms with Crippen LogP contribution in [0, 0.1) is 0 Å². The number of ether oxygens (including phenoxy) is 2. The lowest BCUT2D eigenvalue weighted by Gasteiger charge is -2.21. The van der Waals surface area contributed by atoms with Gasteiger partial charge in [0.1, 0.15) is 11.5 Å². The second-order valence-electron chi connectivity index (χ2n) is 6.64. The van der Waals surface area contributed by atoms with Crippen LogP contribution in [0.25, 0.3) is 0 Å². The van der Waals surface area contributed by atoms with Gasteiger partial charge in [-0.15, -0.1) is 0 Å². The summed E-state index contributed by atoms with van der Waals surface area (Å²) in [6, 6.07) is 14.6. The van der Waals surface area contributed by atoms with Gasteiger partial charge in [-0.3, -0.25) is 0 Å². The molecule has 0 spiro atoms. The topological polar surface area (TPSA) is 42.5 Å². The molecular weight excluding hydrogens is 356 g/mol. The largest absolute Gasteiger partial charge is 0.497 e. The predicted octanol–water partition coefficient (Wildman–Crippen LogP) is 5.66. The Kier molecular flexibility index (Phi) is 7.92. The van der Waals surface area contributed by atoms with Crippen LogP contribution in [0.15, 0.2) is 42.5 Å². The Labute approximate surface area is 168 Å². The molecule has 4 nitrogen and oxygen atoms in total. The Bertz CT molecular complexity index is 724. The quantitative estimate of drug-likeness (QED) is 0.574. The maximum absolute atomic E-state index is 5.52. The van der Waals surface area contributed by atoms with Gasteiger partial charge in [0, 0.05) is 23.9 Å². The number of hydrogen-bond donors (Lipinski definition) is 2. The highest BCUT2D eigenvalue weighted by molar-refractivity contribution is 7.80. The molecule has 27 heavy (non-hydrogen) atoms. The summed E-state index contributed by atoms with van der Waals surface area (Å²) in [6.45, 7) is 6.62. The number of thiocarbonyl (C=S) groups is 1. The first-order valence-corrected chi connectivity index (χ1v) is 9.81. The van der Waals surface area contributed by atoms with E-state index in [1.807, 2.05) is 18.2 Å². The minimum atomic E-state index is 0.156. The maximum atomic E-state index is 5.52. The summed E-state index contributed by atoms with van der Waals surface area (Å²) in [5, 5.41) is 7.21. The van der Waals surface area contributed by atoms with Crippen molar-refractivity contribution in [3.63, 3.8) is 0 Å². The predicted molar refractivity (Wildman–Crippen MR) is 117 cm³/mol. The van der Waals surface area contributed by atoms with E-state index >= 15 is 0 Å². The number of benzene rings is 2. The molecule has 0 saturated carbocycles. The normalized spacial score (nSPS) is 12.8. The van der Waals surface area contributed by atoms with Gasteiger partial charge in [0.05, 0.1) is 20.3 Å². The van der Waals surface area contributed by atoms with Crippen LogP contribution in [0.2, 0.25) is 0 Å². The molecule has 0 amide bonds. The molecule has 0 aromatic heterocycles. The van der Waals surface area contributed by atoms with Gasteiger partial charge in [-0.2, -0.15) is 0 Å². The standard InChI is InChI=1S/C22H30N2O2S/c1-6-15(3)16-8-10-17(11-9-16)21(7-2)24-22(27)23-18-12-19(25-4)14-20(13-18)26-5/h8-15,21H,6-7H2,1-5H3,(H2,23,24,27). The Morgan fingerprint density at radius 2 is 1.48 bits per heavy atom. The summed E-state index contributed by atoms with van der Waals surface area (Å²) < 4.78 is 10.6. The number of methoxy groups -OCH3 is 2.